The van der Waals surface area contributed by atoms with Crippen molar-refractivity contribution in [1.82, 2.24) is 10.3 Å². The third-order valence-corrected chi connectivity index (χ3v) is 2.67. The minimum Gasteiger partial charge on any atom is -0.464 e. The summed E-state index contributed by atoms with van der Waals surface area (Å²) in [7, 11) is 1.32. The largest absolute Gasteiger partial charge is 0.464 e. The van der Waals surface area contributed by atoms with Crippen molar-refractivity contribution in [2.75, 3.05) is 13.7 Å². The van der Waals surface area contributed by atoms with E-state index in [0.717, 1.165) is 11.4 Å². The molecule has 0 aliphatic rings. The molecule has 1 aromatic heterocycles. The van der Waals surface area contributed by atoms with E-state index in [1.807, 2.05) is 12.2 Å². The van der Waals surface area contributed by atoms with Gasteiger partial charge in [0.25, 0.3) is 0 Å². The number of nitrogens with one attached hydrogen (secondary N) is 1. The van der Waals surface area contributed by atoms with E-state index >= 15 is 0 Å². The number of carbonyl (C=O) groups excluding carboxylic acids is 2. The Labute approximate surface area is 104 Å². The van der Waals surface area contributed by atoms with Crippen LogP contribution < -0.4 is 5.32 Å². The van der Waals surface area contributed by atoms with Crippen LogP contribution in [0.1, 0.15) is 28.8 Å². The minimum atomic E-state index is -0.431. The van der Waals surface area contributed by atoms with E-state index < -0.39 is 5.97 Å². The molecular formula is C11H14N2O3S. The van der Waals surface area contributed by atoms with Crippen LogP contribution in [0, 0.1) is 0 Å². The first-order valence-corrected chi connectivity index (χ1v) is 5.96. The number of aromatic nitrogens is 1. The summed E-state index contributed by atoms with van der Waals surface area (Å²) < 4.78 is 4.55. The molecule has 0 fully saturated rings. The number of hydrogen-bond donors (Lipinski definition) is 1. The molecule has 0 aliphatic heterocycles. The van der Waals surface area contributed by atoms with E-state index in [1.54, 1.807) is 5.38 Å². The highest BCUT2D eigenvalue weighted by atomic mass is 32.1. The molecule has 0 spiro atoms. The quantitative estimate of drug-likeness (QED) is 0.638. The number of ether oxygens (including phenoxy) is 1. The Hall–Kier alpha value is -1.69. The van der Waals surface area contributed by atoms with Crippen molar-refractivity contribution < 1.29 is 14.3 Å². The molecule has 1 aromatic rings. The van der Waals surface area contributed by atoms with Gasteiger partial charge in [-0.15, -0.1) is 11.3 Å². The number of hydrogen-bond acceptors (Lipinski definition) is 5. The summed E-state index contributed by atoms with van der Waals surface area (Å²) in [6.45, 7) is 2.08. The summed E-state index contributed by atoms with van der Waals surface area (Å²) in [4.78, 5) is 25.8. The number of amides is 1. The van der Waals surface area contributed by atoms with Crippen molar-refractivity contribution in [3.05, 3.63) is 22.2 Å². The van der Waals surface area contributed by atoms with Crippen LogP contribution in [0.4, 0.5) is 0 Å². The molecule has 0 aromatic carbocycles. The molecule has 5 nitrogen and oxygen atoms in total. The van der Waals surface area contributed by atoms with Crippen molar-refractivity contribution >= 4 is 29.3 Å². The van der Waals surface area contributed by atoms with Gasteiger partial charge in [-0.25, -0.2) is 9.78 Å². The number of esters is 1. The predicted octanol–water partition coefficient (Wildman–Crippen LogP) is 1.47. The van der Waals surface area contributed by atoms with Crippen LogP contribution in [-0.4, -0.2) is 30.5 Å². The number of carbonyl (C=O) groups is 2. The van der Waals surface area contributed by atoms with E-state index in [4.69, 9.17) is 0 Å². The summed E-state index contributed by atoms with van der Waals surface area (Å²) in [5.74, 6) is -0.472. The second-order valence-corrected chi connectivity index (χ2v) is 4.13. The monoisotopic (exact) mass is 254 g/mol. The van der Waals surface area contributed by atoms with Gasteiger partial charge in [0.05, 0.1) is 7.11 Å². The molecule has 1 rings (SSSR count). The maximum absolute atomic E-state index is 11.1. The fraction of sp³-hybridized carbons (Fsp3) is 0.364. The van der Waals surface area contributed by atoms with Gasteiger partial charge in [-0.05, 0) is 12.5 Å². The Morgan fingerprint density at radius 2 is 2.35 bits per heavy atom. The molecule has 0 aliphatic carbocycles. The van der Waals surface area contributed by atoms with Crippen molar-refractivity contribution in [1.29, 1.82) is 0 Å². The van der Waals surface area contributed by atoms with Crippen molar-refractivity contribution in [3.63, 3.8) is 0 Å². The molecule has 92 valence electrons. The number of thiazole rings is 1. The molecule has 17 heavy (non-hydrogen) atoms. The summed E-state index contributed by atoms with van der Waals surface area (Å²) in [6, 6.07) is 0. The zero-order chi connectivity index (χ0) is 12.7. The number of methoxy groups -OCH3 is 1. The summed E-state index contributed by atoms with van der Waals surface area (Å²) >= 11 is 1.37. The van der Waals surface area contributed by atoms with Gasteiger partial charge in [0, 0.05) is 18.8 Å². The van der Waals surface area contributed by atoms with Gasteiger partial charge in [0.1, 0.15) is 5.01 Å². The van der Waals surface area contributed by atoms with Crippen LogP contribution in [-0.2, 0) is 9.53 Å². The Morgan fingerprint density at radius 3 is 3.00 bits per heavy atom. The van der Waals surface area contributed by atoms with Crippen molar-refractivity contribution in [2.45, 2.75) is 13.3 Å². The molecule has 1 N–H and O–H groups in total. The average Bonchev–Trinajstić information content (AvgIpc) is 2.76. The average molecular weight is 254 g/mol. The molecule has 0 radical (unpaired) electrons. The molecule has 0 saturated heterocycles. The SMILES string of the molecule is COC(=O)c1csc(C=CCCNC(C)=O)n1. The smallest absolute Gasteiger partial charge is 0.357 e. The molecule has 1 amide bonds. The summed E-state index contributed by atoms with van der Waals surface area (Å²) in [5, 5.41) is 5.08. The molecule has 0 unspecified atom stereocenters. The van der Waals surface area contributed by atoms with Crippen LogP contribution in [0.2, 0.25) is 0 Å². The highest BCUT2D eigenvalue weighted by molar-refractivity contribution is 7.10. The third kappa shape index (κ3) is 4.78. The van der Waals surface area contributed by atoms with Crippen LogP contribution in [0.5, 0.6) is 0 Å². The molecule has 0 bridgehead atoms. The topological polar surface area (TPSA) is 68.3 Å². The molecular weight excluding hydrogens is 240 g/mol. The second-order valence-electron chi connectivity index (χ2n) is 3.24. The van der Waals surface area contributed by atoms with Crippen LogP contribution in [0.25, 0.3) is 6.08 Å². The van der Waals surface area contributed by atoms with E-state index in [-0.39, 0.29) is 5.91 Å². The fourth-order valence-electron chi connectivity index (χ4n) is 1.08. The van der Waals surface area contributed by atoms with Gasteiger partial charge < -0.3 is 10.1 Å². The van der Waals surface area contributed by atoms with Crippen molar-refractivity contribution in [2.24, 2.45) is 0 Å². The Bertz CT molecular complexity index is 426. The Kier molecular flexibility index (Phi) is 5.35. The van der Waals surface area contributed by atoms with Gasteiger partial charge in [-0.2, -0.15) is 0 Å². The predicted molar refractivity (Wildman–Crippen MR) is 65.8 cm³/mol. The first-order chi connectivity index (χ1) is 8.13. The van der Waals surface area contributed by atoms with E-state index in [2.05, 4.69) is 15.0 Å². The van der Waals surface area contributed by atoms with Gasteiger partial charge in [0.2, 0.25) is 5.91 Å². The fourth-order valence-corrected chi connectivity index (χ4v) is 1.79. The first kappa shape index (κ1) is 13.4. The third-order valence-electron chi connectivity index (χ3n) is 1.86. The highest BCUT2D eigenvalue weighted by Crippen LogP contribution is 2.12. The first-order valence-electron chi connectivity index (χ1n) is 5.08. The normalized spacial score (nSPS) is 10.5. The van der Waals surface area contributed by atoms with Gasteiger partial charge >= 0.3 is 5.97 Å². The zero-order valence-corrected chi connectivity index (χ0v) is 10.5. The van der Waals surface area contributed by atoms with Gasteiger partial charge in [-0.1, -0.05) is 6.08 Å². The molecule has 0 saturated carbocycles. The standard InChI is InChI=1S/C11H14N2O3S/c1-8(14)12-6-4-3-5-10-13-9(7-17-10)11(15)16-2/h3,5,7H,4,6H2,1-2H3,(H,12,14). The molecule has 6 heteroatoms. The number of nitrogens with zero attached hydrogens (tertiary/aromatic N) is 1. The lowest BCUT2D eigenvalue weighted by Crippen LogP contribution is -2.20. The van der Waals surface area contributed by atoms with E-state index in [1.165, 1.54) is 25.4 Å². The lowest BCUT2D eigenvalue weighted by Gasteiger charge is -1.95. The maximum Gasteiger partial charge on any atom is 0.357 e. The van der Waals surface area contributed by atoms with Crippen molar-refractivity contribution in [3.8, 4) is 0 Å². The maximum atomic E-state index is 11.1. The number of rotatable bonds is 5. The highest BCUT2D eigenvalue weighted by Gasteiger charge is 2.08. The van der Waals surface area contributed by atoms with Gasteiger partial charge in [0.15, 0.2) is 5.69 Å². The van der Waals surface area contributed by atoms with Crippen LogP contribution in [0.3, 0.4) is 0 Å². The minimum absolute atomic E-state index is 0.0411. The molecule has 0 atom stereocenters. The summed E-state index contributed by atoms with van der Waals surface area (Å²) in [6.07, 6.45) is 4.45. The summed E-state index contributed by atoms with van der Waals surface area (Å²) in [5.41, 5.74) is 0.319. The zero-order valence-electron chi connectivity index (χ0n) is 9.73. The van der Waals surface area contributed by atoms with Crippen LogP contribution >= 0.6 is 11.3 Å². The lowest BCUT2D eigenvalue weighted by atomic mass is 10.3. The van der Waals surface area contributed by atoms with Gasteiger partial charge in [-0.3, -0.25) is 4.79 Å². The Balaban J connectivity index is 2.41. The molecule has 1 heterocycles. The lowest BCUT2D eigenvalue weighted by molar-refractivity contribution is -0.118. The van der Waals surface area contributed by atoms with Crippen LogP contribution in [0.15, 0.2) is 11.5 Å². The second kappa shape index (κ2) is 6.80. The van der Waals surface area contributed by atoms with E-state index in [0.29, 0.717) is 12.2 Å². The Morgan fingerprint density at radius 1 is 1.59 bits per heavy atom. The van der Waals surface area contributed by atoms with E-state index in [9.17, 15) is 9.59 Å².